The molecule has 8 heteroatoms. The molecular formula is C16H16ClF2N3O2. The van der Waals surface area contributed by atoms with Crippen molar-refractivity contribution in [2.45, 2.75) is 6.43 Å². The highest BCUT2D eigenvalue weighted by Gasteiger charge is 2.33. The summed E-state index contributed by atoms with van der Waals surface area (Å²) in [5, 5.41) is 4.02. The molecule has 0 unspecified atom stereocenters. The van der Waals surface area contributed by atoms with Crippen molar-refractivity contribution in [3.63, 3.8) is 0 Å². The number of carbonyl (C=O) groups is 1. The third-order valence-electron chi connectivity index (χ3n) is 4.05. The Balaban J connectivity index is 2.03. The van der Waals surface area contributed by atoms with Crippen molar-refractivity contribution in [1.29, 1.82) is 0 Å². The van der Waals surface area contributed by atoms with Gasteiger partial charge in [-0.05, 0) is 13.1 Å². The van der Waals surface area contributed by atoms with E-state index in [0.717, 1.165) is 0 Å². The smallest absolute Gasteiger partial charge is 0.298 e. The number of benzene rings is 1. The summed E-state index contributed by atoms with van der Waals surface area (Å²) in [5.74, 6) is -1.22. The van der Waals surface area contributed by atoms with Gasteiger partial charge in [0.1, 0.15) is 11.3 Å². The molecule has 24 heavy (non-hydrogen) atoms. The summed E-state index contributed by atoms with van der Waals surface area (Å²) in [7, 11) is 1.95. The molecule has 1 fully saturated rings. The van der Waals surface area contributed by atoms with Crippen LogP contribution in [0.5, 0.6) is 0 Å². The zero-order valence-electron chi connectivity index (χ0n) is 13.0. The molecule has 0 aliphatic carbocycles. The molecule has 0 bridgehead atoms. The number of rotatable bonds is 3. The molecule has 1 saturated heterocycles. The van der Waals surface area contributed by atoms with Crippen LogP contribution in [-0.4, -0.2) is 54.1 Å². The second-order valence-electron chi connectivity index (χ2n) is 5.65. The minimum absolute atomic E-state index is 0.0554. The first kappa shape index (κ1) is 16.9. The largest absolute Gasteiger partial charge is 0.354 e. The van der Waals surface area contributed by atoms with E-state index in [1.807, 2.05) is 7.05 Å². The van der Waals surface area contributed by atoms with Gasteiger partial charge in [0.05, 0.1) is 5.02 Å². The lowest BCUT2D eigenvalue weighted by atomic mass is 10.0. The SMILES string of the molecule is CN1CCN(C(=O)c2c(-c3ccccc3Cl)noc2C(F)F)CC1. The van der Waals surface area contributed by atoms with E-state index in [9.17, 15) is 13.6 Å². The van der Waals surface area contributed by atoms with E-state index < -0.39 is 18.1 Å². The minimum atomic E-state index is -2.93. The van der Waals surface area contributed by atoms with E-state index in [2.05, 4.69) is 10.1 Å². The molecule has 1 aromatic heterocycles. The van der Waals surface area contributed by atoms with Crippen molar-refractivity contribution in [3.8, 4) is 11.3 Å². The van der Waals surface area contributed by atoms with Crippen LogP contribution in [-0.2, 0) is 0 Å². The molecule has 1 aliphatic rings. The maximum atomic E-state index is 13.3. The van der Waals surface area contributed by atoms with Gasteiger partial charge in [-0.25, -0.2) is 8.78 Å². The third kappa shape index (κ3) is 3.14. The monoisotopic (exact) mass is 355 g/mol. The van der Waals surface area contributed by atoms with E-state index in [1.54, 1.807) is 29.2 Å². The summed E-state index contributed by atoms with van der Waals surface area (Å²) in [6, 6.07) is 6.64. The highest BCUT2D eigenvalue weighted by molar-refractivity contribution is 6.33. The van der Waals surface area contributed by atoms with Gasteiger partial charge in [0.25, 0.3) is 12.3 Å². The van der Waals surface area contributed by atoms with Crippen molar-refractivity contribution < 1.29 is 18.1 Å². The third-order valence-corrected chi connectivity index (χ3v) is 4.38. The molecule has 1 amide bonds. The van der Waals surface area contributed by atoms with E-state index in [0.29, 0.717) is 36.8 Å². The van der Waals surface area contributed by atoms with Crippen molar-refractivity contribution in [1.82, 2.24) is 15.0 Å². The molecule has 0 radical (unpaired) electrons. The van der Waals surface area contributed by atoms with E-state index in [-0.39, 0.29) is 11.3 Å². The molecule has 1 aliphatic heterocycles. The maximum absolute atomic E-state index is 13.3. The van der Waals surface area contributed by atoms with Gasteiger partial charge in [0, 0.05) is 31.7 Å². The molecule has 3 rings (SSSR count). The minimum Gasteiger partial charge on any atom is -0.354 e. The van der Waals surface area contributed by atoms with Crippen LogP contribution in [0, 0.1) is 0 Å². The molecule has 0 saturated carbocycles. The van der Waals surface area contributed by atoms with Crippen LogP contribution in [0.4, 0.5) is 8.78 Å². The van der Waals surface area contributed by atoms with Crippen molar-refractivity contribution in [3.05, 3.63) is 40.6 Å². The Bertz CT molecular complexity index is 743. The molecule has 0 N–H and O–H groups in total. The van der Waals surface area contributed by atoms with Crippen molar-refractivity contribution in [2.24, 2.45) is 0 Å². The molecular weight excluding hydrogens is 340 g/mol. The summed E-state index contributed by atoms with van der Waals surface area (Å²) < 4.78 is 31.4. The van der Waals surface area contributed by atoms with E-state index in [1.165, 1.54) is 0 Å². The summed E-state index contributed by atoms with van der Waals surface area (Å²) >= 11 is 6.13. The van der Waals surface area contributed by atoms with Gasteiger partial charge < -0.3 is 14.3 Å². The number of nitrogens with zero attached hydrogens (tertiary/aromatic N) is 3. The number of hydrogen-bond donors (Lipinski definition) is 0. The fourth-order valence-electron chi connectivity index (χ4n) is 2.66. The first-order valence-electron chi connectivity index (χ1n) is 7.49. The van der Waals surface area contributed by atoms with Gasteiger partial charge in [0.2, 0.25) is 5.76 Å². The Kier molecular flexibility index (Phi) is 4.82. The summed E-state index contributed by atoms with van der Waals surface area (Å²) in [4.78, 5) is 16.4. The van der Waals surface area contributed by atoms with Crippen molar-refractivity contribution >= 4 is 17.5 Å². The molecule has 128 valence electrons. The molecule has 5 nitrogen and oxygen atoms in total. The number of piperazine rings is 1. The highest BCUT2D eigenvalue weighted by atomic mass is 35.5. The number of likely N-dealkylation sites (N-methyl/N-ethyl adjacent to an activating group) is 1. The quantitative estimate of drug-likeness (QED) is 0.847. The molecule has 1 aromatic carbocycles. The second-order valence-corrected chi connectivity index (χ2v) is 6.05. The van der Waals surface area contributed by atoms with Crippen LogP contribution in [0.2, 0.25) is 5.02 Å². The lowest BCUT2D eigenvalue weighted by molar-refractivity contribution is 0.0641. The first-order chi connectivity index (χ1) is 11.5. The molecule has 2 aromatic rings. The zero-order valence-corrected chi connectivity index (χ0v) is 13.8. The second kappa shape index (κ2) is 6.86. The number of amides is 1. The van der Waals surface area contributed by atoms with Crippen LogP contribution in [0.15, 0.2) is 28.8 Å². The first-order valence-corrected chi connectivity index (χ1v) is 7.87. The highest BCUT2D eigenvalue weighted by Crippen LogP contribution is 2.35. The topological polar surface area (TPSA) is 49.6 Å². The van der Waals surface area contributed by atoms with Gasteiger partial charge >= 0.3 is 0 Å². The van der Waals surface area contributed by atoms with Crippen LogP contribution < -0.4 is 0 Å². The van der Waals surface area contributed by atoms with Crippen molar-refractivity contribution in [2.75, 3.05) is 33.2 Å². The summed E-state index contributed by atoms with van der Waals surface area (Å²) in [6.07, 6.45) is -2.93. The van der Waals surface area contributed by atoms with E-state index in [4.69, 9.17) is 16.1 Å². The number of hydrogen-bond acceptors (Lipinski definition) is 4. The maximum Gasteiger partial charge on any atom is 0.298 e. The van der Waals surface area contributed by atoms with Gasteiger partial charge in [-0.3, -0.25) is 4.79 Å². The predicted octanol–water partition coefficient (Wildman–Crippen LogP) is 3.32. The normalized spacial score (nSPS) is 16.0. The predicted molar refractivity (Wildman–Crippen MR) is 85.3 cm³/mol. The fraction of sp³-hybridized carbons (Fsp3) is 0.375. The Morgan fingerprint density at radius 3 is 2.54 bits per heavy atom. The fourth-order valence-corrected chi connectivity index (χ4v) is 2.89. The average Bonchev–Trinajstić information content (AvgIpc) is 3.00. The van der Waals surface area contributed by atoms with Gasteiger partial charge in [-0.15, -0.1) is 0 Å². The van der Waals surface area contributed by atoms with Crippen LogP contribution in [0.3, 0.4) is 0 Å². The Morgan fingerprint density at radius 1 is 1.25 bits per heavy atom. The standard InChI is InChI=1S/C16H16ClF2N3O2/c1-21-6-8-22(9-7-21)16(23)12-13(20-24-14(12)15(18)19)10-4-2-3-5-11(10)17/h2-5,15H,6-9H2,1H3. The summed E-state index contributed by atoms with van der Waals surface area (Å²) in [6.45, 7) is 2.29. The van der Waals surface area contributed by atoms with Crippen LogP contribution >= 0.6 is 11.6 Å². The van der Waals surface area contributed by atoms with Crippen LogP contribution in [0.25, 0.3) is 11.3 Å². The van der Waals surface area contributed by atoms with Gasteiger partial charge in [-0.2, -0.15) is 0 Å². The molecule has 0 atom stereocenters. The summed E-state index contributed by atoms with van der Waals surface area (Å²) in [5.41, 5.74) is 0.245. The van der Waals surface area contributed by atoms with Crippen LogP contribution in [0.1, 0.15) is 22.5 Å². The molecule has 0 spiro atoms. The number of aromatic nitrogens is 1. The molecule has 2 heterocycles. The Labute approximate surface area is 142 Å². The van der Waals surface area contributed by atoms with Gasteiger partial charge in [-0.1, -0.05) is 35.0 Å². The lowest BCUT2D eigenvalue weighted by Crippen LogP contribution is -2.47. The zero-order chi connectivity index (χ0) is 17.3. The number of alkyl halides is 2. The number of carbonyl (C=O) groups excluding carboxylic acids is 1. The average molecular weight is 356 g/mol. The van der Waals surface area contributed by atoms with E-state index >= 15 is 0 Å². The Hall–Kier alpha value is -1.99. The lowest BCUT2D eigenvalue weighted by Gasteiger charge is -2.32. The number of halogens is 3. The van der Waals surface area contributed by atoms with Gasteiger partial charge in [0.15, 0.2) is 0 Å². The Morgan fingerprint density at radius 2 is 1.92 bits per heavy atom.